The van der Waals surface area contributed by atoms with Crippen molar-refractivity contribution in [1.29, 1.82) is 0 Å². The van der Waals surface area contributed by atoms with Crippen molar-refractivity contribution >= 4 is 7.82 Å². The summed E-state index contributed by atoms with van der Waals surface area (Å²) in [6.45, 7) is 0. The molecule has 0 N–H and O–H groups in total. The van der Waals surface area contributed by atoms with Gasteiger partial charge in [-0.2, -0.15) is 0 Å². The van der Waals surface area contributed by atoms with E-state index in [4.69, 9.17) is 0 Å². The van der Waals surface area contributed by atoms with Crippen molar-refractivity contribution < 1.29 is 373 Å². The summed E-state index contributed by atoms with van der Waals surface area (Å²) in [5, 5.41) is 0. The minimum absolute atomic E-state index is 0. The molecule has 0 rings (SSSR count). The maximum atomic E-state index is 12.7. The Labute approximate surface area is 372 Å². The third-order valence-corrected chi connectivity index (χ3v) is 62.2. The van der Waals surface area contributed by atoms with Crippen molar-refractivity contribution in [1.82, 2.24) is 0 Å². The van der Waals surface area contributed by atoms with E-state index in [1.54, 1.807) is 0 Å². The molecule has 0 saturated carbocycles. The molecular weight excluding hydrogens is 2000 g/mol. The molecule has 0 bridgehead atoms. The van der Waals surface area contributed by atoms with Gasteiger partial charge in [-0.1, -0.05) is 0 Å². The van der Waals surface area contributed by atoms with Gasteiger partial charge < -0.3 is 0 Å². The van der Waals surface area contributed by atoms with E-state index in [-0.39, 0.29) is 46.9 Å². The molecule has 0 heterocycles. The van der Waals surface area contributed by atoms with Gasteiger partial charge in [0.25, 0.3) is 0 Å². The first-order valence-electron chi connectivity index (χ1n) is 8.73. The summed E-state index contributed by atoms with van der Waals surface area (Å²) in [6, 6.07) is 0. The Hall–Kier alpha value is 4.61. The van der Waals surface area contributed by atoms with Gasteiger partial charge in [-0.05, 0) is 0 Å². The normalized spacial score (nSPS) is 15.3. The van der Waals surface area contributed by atoms with Crippen molar-refractivity contribution in [3.8, 4) is 0 Å². The molecule has 0 aromatic carbocycles. The van der Waals surface area contributed by atoms with Crippen LogP contribution in [-0.4, -0.2) is 0 Å². The van der Waals surface area contributed by atoms with E-state index >= 15 is 0 Å². The molecule has 0 aliphatic heterocycles. The molecule has 54 heavy (non-hydrogen) atoms. The average molecular weight is 2000 g/mol. The van der Waals surface area contributed by atoms with E-state index in [1.807, 2.05) is 0 Å². The van der Waals surface area contributed by atoms with Gasteiger partial charge in [0.2, 0.25) is 0 Å². The minimum atomic E-state index is -8.82. The van der Waals surface area contributed by atoms with Crippen LogP contribution in [0.1, 0.15) is 0 Å². The van der Waals surface area contributed by atoms with E-state index in [0.717, 1.165) is 0 Å². The van der Waals surface area contributed by atoms with Crippen LogP contribution in [0.4, 0.5) is 0 Å². The molecular formula is Mo12O40PYb. The molecule has 0 spiro atoms. The molecule has 0 aromatic heterocycles. The Balaban J connectivity index is 0. The maximum absolute atomic E-state index is 12.7. The molecule has 0 saturated heterocycles. The molecule has 0 aliphatic rings. The second-order valence-electron chi connectivity index (χ2n) is 6.18. The van der Waals surface area contributed by atoms with E-state index < -0.39 is 209 Å². The van der Waals surface area contributed by atoms with Crippen LogP contribution < -0.4 is 11.3 Å². The zero-order chi connectivity index (χ0) is 43.0. The molecule has 54 heteroatoms. The van der Waals surface area contributed by atoms with Crippen LogP contribution in [0.5, 0.6) is 0 Å². The van der Waals surface area contributed by atoms with E-state index in [1.165, 1.54) is 0 Å². The topological polar surface area (TPSA) is 607 Å². The van der Waals surface area contributed by atoms with Gasteiger partial charge in [0, 0.05) is 0 Å². The van der Waals surface area contributed by atoms with Gasteiger partial charge in [0.15, 0.2) is 0 Å². The Bertz CT molecular complexity index is 2510. The second kappa shape index (κ2) is 20.6. The summed E-state index contributed by atoms with van der Waals surface area (Å²) in [4.78, 5) is 0. The van der Waals surface area contributed by atoms with Crippen LogP contribution in [0.15, 0.2) is 0 Å². The minimum Gasteiger partial charge on any atom is 3.00 e. The van der Waals surface area contributed by atoms with Gasteiger partial charge in [0.05, 0.1) is 0 Å². The van der Waals surface area contributed by atoms with Gasteiger partial charge >= 0.3 is 381 Å². The van der Waals surface area contributed by atoms with Gasteiger partial charge in [-0.3, -0.25) is 0 Å². The van der Waals surface area contributed by atoms with Crippen LogP contribution in [0, 0.1) is 46.9 Å². The Kier molecular flexibility index (Phi) is 23.2. The Morgan fingerprint density at radius 2 is 0.389 bits per heavy atom. The summed E-state index contributed by atoms with van der Waals surface area (Å²) in [5.74, 6) is 0. The van der Waals surface area contributed by atoms with Crippen LogP contribution in [0.2, 0.25) is 0 Å². The quantitative estimate of drug-likeness (QED) is 0.0640. The van der Waals surface area contributed by atoms with Crippen molar-refractivity contribution in [3.63, 3.8) is 0 Å². The van der Waals surface area contributed by atoms with Gasteiger partial charge in [-0.15, -0.1) is 0 Å². The molecule has 0 aliphatic carbocycles. The predicted molar refractivity (Wildman–Crippen MR) is 37.1 cm³/mol. The van der Waals surface area contributed by atoms with Gasteiger partial charge in [0.1, 0.15) is 0 Å². The SMILES string of the molecule is O=P([O][Mo](=[O])(=[O])[O][Mo](=[O])(=[O])[O][Mo](=[O])(=[O])[O][Mo](=[O])(=[O])[O-])([O][Mo](=[O])(=[O])[O][Mo](=[O])(=[O])[O][Mo](=[O])(=[O])[O][Mo](=[O])(=[O])[O-])[O][Mo](=[O])(=[O])[O][Mo](=[O])(=[O])[O][Mo](=[O])(=[O])[O][Mo](=[O])(=[O])[O-].[Yb+3]. The fraction of sp³-hybridized carbons (Fsp3) is 0. The van der Waals surface area contributed by atoms with Gasteiger partial charge in [-0.25, -0.2) is 0 Å². The standard InChI is InChI=1S/12Mo.H3O4P.36O.Yb/c;;;;;;;;;;;;1-5(2,3)4;;;;;;;;;;;;;;;;;;;;;;;;;;;;;;;;;;;;;/h;;;;;;;;;;;;(H3,1,2,3,4);;;;;;;;;;;;;;;;;;;;;;;;;;;;;;;;;;;;;/q;;;;;;;;;3*+1;;;;;;;;;;;;;;;;;;;;;;;;;;;;;;;;;;;3*-1;+3/p-3. The molecule has 0 atom stereocenters. The van der Waals surface area contributed by atoms with E-state index in [2.05, 4.69) is 27.9 Å². The van der Waals surface area contributed by atoms with Crippen LogP contribution in [0.25, 0.3) is 0 Å². The molecule has 0 aromatic rings. The molecule has 0 fully saturated rings. The molecule has 0 amide bonds. The predicted octanol–water partition coefficient (Wildman–Crippen LogP) is -6.53. The second-order valence-corrected chi connectivity index (χ2v) is 55.7. The van der Waals surface area contributed by atoms with Crippen molar-refractivity contribution in [2.24, 2.45) is 0 Å². The van der Waals surface area contributed by atoms with Crippen LogP contribution in [0.3, 0.4) is 0 Å². The maximum Gasteiger partial charge on any atom is 3.00 e. The van der Waals surface area contributed by atoms with Crippen molar-refractivity contribution in [2.45, 2.75) is 0 Å². The molecule has 331 valence electrons. The number of phosphoric acid groups is 1. The smallest absolute Gasteiger partial charge is 3.00 e. The summed E-state index contributed by atoms with van der Waals surface area (Å²) in [6.07, 6.45) is 0. The summed E-state index contributed by atoms with van der Waals surface area (Å²) in [5.41, 5.74) is 0. The molecule has 1 radical (unpaired) electrons. The fourth-order valence-electron chi connectivity index (χ4n) is 1.40. The largest absolute Gasteiger partial charge is 3.00 e. The fourth-order valence-corrected chi connectivity index (χ4v) is 60.0. The first kappa shape index (κ1) is 60.7. The first-order chi connectivity index (χ1) is 22.5. The Morgan fingerprint density at radius 3 is 0.537 bits per heavy atom. The van der Waals surface area contributed by atoms with Crippen LogP contribution in [-0.2, 0) is 315 Å². The van der Waals surface area contributed by atoms with E-state index in [9.17, 15) is 97.4 Å². The third kappa shape index (κ3) is 29.8. The van der Waals surface area contributed by atoms with Crippen molar-refractivity contribution in [3.05, 3.63) is 0 Å². The first-order valence-corrected chi connectivity index (χ1v) is 49.5. The summed E-state index contributed by atoms with van der Waals surface area (Å²) >= 11 is -98.5. The molecule has 40 nitrogen and oxygen atoms in total. The van der Waals surface area contributed by atoms with Crippen LogP contribution >= 0.6 is 7.82 Å². The zero-order valence-corrected chi connectivity index (χ0v) is 48.6. The summed E-state index contributed by atoms with van der Waals surface area (Å²) in [7, 11) is -7.94. The summed E-state index contributed by atoms with van der Waals surface area (Å²) < 4.78 is 351. The zero-order valence-electron chi connectivity index (χ0n) is 21.9. The van der Waals surface area contributed by atoms with Crippen molar-refractivity contribution in [2.75, 3.05) is 0 Å². The monoisotopic (exact) mass is 2020 g/mol. The number of hydrogen-bond donors (Lipinski definition) is 0. The Morgan fingerprint density at radius 1 is 0.259 bits per heavy atom. The number of rotatable bonds is 24. The molecule has 0 unspecified atom stereocenters. The average Bonchev–Trinajstić information content (AvgIpc) is 2.58. The third-order valence-electron chi connectivity index (χ3n) is 2.05. The number of hydrogen-bond acceptors (Lipinski definition) is 40. The van der Waals surface area contributed by atoms with E-state index in [0.29, 0.717) is 0 Å².